The lowest BCUT2D eigenvalue weighted by molar-refractivity contribution is 0.306. The van der Waals surface area contributed by atoms with Gasteiger partial charge in [0.2, 0.25) is 0 Å². The van der Waals surface area contributed by atoms with Crippen molar-refractivity contribution in [2.24, 2.45) is 0 Å². The normalized spacial score (nSPS) is 13.0. The van der Waals surface area contributed by atoms with E-state index in [1.54, 1.807) is 25.3 Å². The largest absolute Gasteiger partial charge is 0.497 e. The van der Waals surface area contributed by atoms with E-state index in [2.05, 4.69) is 6.58 Å². The second kappa shape index (κ2) is 6.07. The Balaban J connectivity index is 4.35. The Kier molecular flexibility index (Phi) is 5.70. The topological polar surface area (TPSA) is 29.5 Å². The van der Waals surface area contributed by atoms with Crippen molar-refractivity contribution in [2.75, 3.05) is 7.11 Å². The average Bonchev–Trinajstić information content (AvgIpc) is 2.07. The van der Waals surface area contributed by atoms with E-state index in [1.165, 1.54) is 0 Å². The SMILES string of the molecule is C=C/C(=C\C(=C/C)OC)SO. The third kappa shape index (κ3) is 3.91. The van der Waals surface area contributed by atoms with Crippen LogP contribution in [-0.2, 0) is 4.74 Å². The molecular formula is C8H12O2S. The number of rotatable bonds is 4. The van der Waals surface area contributed by atoms with E-state index in [0.29, 0.717) is 22.7 Å². The second-order valence-electron chi connectivity index (χ2n) is 1.74. The van der Waals surface area contributed by atoms with Crippen molar-refractivity contribution in [1.29, 1.82) is 0 Å². The molecule has 0 atom stereocenters. The lowest BCUT2D eigenvalue weighted by Crippen LogP contribution is -1.81. The molecule has 0 bridgehead atoms. The number of hydrogen-bond acceptors (Lipinski definition) is 3. The van der Waals surface area contributed by atoms with Gasteiger partial charge in [0.25, 0.3) is 0 Å². The minimum atomic E-state index is 0.651. The van der Waals surface area contributed by atoms with Gasteiger partial charge in [0.15, 0.2) is 0 Å². The quantitative estimate of drug-likeness (QED) is 0.401. The molecule has 0 rings (SSSR count). The molecule has 0 unspecified atom stereocenters. The molecule has 0 aliphatic carbocycles. The third-order valence-electron chi connectivity index (χ3n) is 1.11. The summed E-state index contributed by atoms with van der Waals surface area (Å²) in [6.45, 7) is 5.38. The summed E-state index contributed by atoms with van der Waals surface area (Å²) in [5.74, 6) is 0.710. The summed E-state index contributed by atoms with van der Waals surface area (Å²) in [5, 5.41) is 0. The molecule has 0 aromatic heterocycles. The number of ether oxygens (including phenoxy) is 1. The van der Waals surface area contributed by atoms with Crippen molar-refractivity contribution in [3.8, 4) is 0 Å². The lowest BCUT2D eigenvalue weighted by Gasteiger charge is -1.99. The molecule has 0 fully saturated rings. The average molecular weight is 172 g/mol. The van der Waals surface area contributed by atoms with E-state index >= 15 is 0 Å². The van der Waals surface area contributed by atoms with Gasteiger partial charge in [0.1, 0.15) is 5.76 Å². The molecule has 2 nitrogen and oxygen atoms in total. The van der Waals surface area contributed by atoms with Crippen LogP contribution in [0.25, 0.3) is 0 Å². The molecule has 0 saturated carbocycles. The molecule has 0 aromatic rings. The molecule has 62 valence electrons. The standard InChI is InChI=1S/C8H12O2S/c1-4-7(10-3)6-8(5-2)11-9/h4-6,9H,2H2,1,3H3/b7-4+,8-6+. The molecule has 0 heterocycles. The van der Waals surface area contributed by atoms with E-state index in [0.717, 1.165) is 0 Å². The van der Waals surface area contributed by atoms with Gasteiger partial charge in [0, 0.05) is 16.9 Å². The van der Waals surface area contributed by atoms with Crippen LogP contribution in [0.5, 0.6) is 0 Å². The van der Waals surface area contributed by atoms with Crippen LogP contribution < -0.4 is 0 Å². The molecule has 3 heteroatoms. The monoisotopic (exact) mass is 172 g/mol. The first-order valence-corrected chi connectivity index (χ1v) is 3.91. The van der Waals surface area contributed by atoms with Crippen molar-refractivity contribution in [3.63, 3.8) is 0 Å². The summed E-state index contributed by atoms with van der Waals surface area (Å²) in [7, 11) is 1.58. The van der Waals surface area contributed by atoms with Crippen molar-refractivity contribution < 1.29 is 9.29 Å². The summed E-state index contributed by atoms with van der Waals surface area (Å²) in [4.78, 5) is 0.667. The summed E-state index contributed by atoms with van der Waals surface area (Å²) in [6, 6.07) is 0. The second-order valence-corrected chi connectivity index (χ2v) is 2.39. The first-order valence-electron chi connectivity index (χ1n) is 3.14. The summed E-state index contributed by atoms with van der Waals surface area (Å²) in [5.41, 5.74) is 0. The predicted molar refractivity (Wildman–Crippen MR) is 49.3 cm³/mol. The molecule has 0 aromatic carbocycles. The van der Waals surface area contributed by atoms with Crippen LogP contribution in [-0.4, -0.2) is 11.7 Å². The Morgan fingerprint density at radius 2 is 2.27 bits per heavy atom. The molecule has 0 aliphatic rings. The maximum absolute atomic E-state index is 8.66. The molecular weight excluding hydrogens is 160 g/mol. The van der Waals surface area contributed by atoms with Crippen LogP contribution in [0.2, 0.25) is 0 Å². The van der Waals surface area contributed by atoms with E-state index < -0.39 is 0 Å². The molecule has 0 aliphatic heterocycles. The van der Waals surface area contributed by atoms with Crippen LogP contribution in [0.4, 0.5) is 0 Å². The van der Waals surface area contributed by atoms with Gasteiger partial charge in [-0.15, -0.1) is 0 Å². The lowest BCUT2D eigenvalue weighted by atomic mass is 10.4. The van der Waals surface area contributed by atoms with Crippen LogP contribution in [0, 0.1) is 0 Å². The Morgan fingerprint density at radius 1 is 1.64 bits per heavy atom. The first-order chi connectivity index (χ1) is 5.28. The van der Waals surface area contributed by atoms with Crippen molar-refractivity contribution in [1.82, 2.24) is 0 Å². The highest BCUT2D eigenvalue weighted by molar-refractivity contribution is 7.97. The Morgan fingerprint density at radius 3 is 2.55 bits per heavy atom. The van der Waals surface area contributed by atoms with Gasteiger partial charge in [-0.05, 0) is 19.1 Å². The summed E-state index contributed by atoms with van der Waals surface area (Å²) >= 11 is 0.651. The number of methoxy groups -OCH3 is 1. The smallest absolute Gasteiger partial charge is 0.115 e. The zero-order valence-electron chi connectivity index (χ0n) is 6.70. The third-order valence-corrected chi connectivity index (χ3v) is 1.61. The van der Waals surface area contributed by atoms with E-state index in [9.17, 15) is 0 Å². The van der Waals surface area contributed by atoms with Crippen LogP contribution >= 0.6 is 12.0 Å². The summed E-state index contributed by atoms with van der Waals surface area (Å²) in [6.07, 6.45) is 5.07. The minimum absolute atomic E-state index is 0.651. The van der Waals surface area contributed by atoms with Crippen LogP contribution in [0.1, 0.15) is 6.92 Å². The van der Waals surface area contributed by atoms with Gasteiger partial charge in [0.05, 0.1) is 7.11 Å². The minimum Gasteiger partial charge on any atom is -0.497 e. The van der Waals surface area contributed by atoms with E-state index in [1.807, 2.05) is 6.92 Å². The van der Waals surface area contributed by atoms with Crippen molar-refractivity contribution in [3.05, 3.63) is 35.5 Å². The highest BCUT2D eigenvalue weighted by Crippen LogP contribution is 2.14. The molecule has 11 heavy (non-hydrogen) atoms. The van der Waals surface area contributed by atoms with Gasteiger partial charge in [-0.1, -0.05) is 12.7 Å². The fourth-order valence-electron chi connectivity index (χ4n) is 0.523. The first kappa shape index (κ1) is 10.3. The zero-order valence-corrected chi connectivity index (χ0v) is 7.52. The Labute approximate surface area is 71.5 Å². The molecule has 0 amide bonds. The van der Waals surface area contributed by atoms with Crippen LogP contribution in [0.15, 0.2) is 35.5 Å². The van der Waals surface area contributed by atoms with Crippen molar-refractivity contribution >= 4 is 12.0 Å². The van der Waals surface area contributed by atoms with Crippen molar-refractivity contribution in [2.45, 2.75) is 6.92 Å². The maximum Gasteiger partial charge on any atom is 0.115 e. The van der Waals surface area contributed by atoms with Gasteiger partial charge in [-0.25, -0.2) is 0 Å². The zero-order chi connectivity index (χ0) is 8.69. The molecule has 0 spiro atoms. The summed E-state index contributed by atoms with van der Waals surface area (Å²) < 4.78 is 13.6. The molecule has 0 radical (unpaired) electrons. The van der Waals surface area contributed by atoms with Gasteiger partial charge in [-0.3, -0.25) is 0 Å². The van der Waals surface area contributed by atoms with Gasteiger partial charge >= 0.3 is 0 Å². The fraction of sp³-hybridized carbons (Fsp3) is 0.250. The predicted octanol–water partition coefficient (Wildman–Crippen LogP) is 2.81. The molecule has 1 N–H and O–H groups in total. The Hall–Kier alpha value is -0.670. The fourth-order valence-corrected chi connectivity index (χ4v) is 0.766. The number of hydrogen-bond donors (Lipinski definition) is 1. The Bertz CT molecular complexity index is 183. The maximum atomic E-state index is 8.66. The van der Waals surface area contributed by atoms with E-state index in [-0.39, 0.29) is 0 Å². The number of allylic oxidation sites excluding steroid dienone is 3. The van der Waals surface area contributed by atoms with Gasteiger partial charge in [-0.2, -0.15) is 0 Å². The molecule has 0 saturated heterocycles. The highest BCUT2D eigenvalue weighted by Gasteiger charge is 1.92. The van der Waals surface area contributed by atoms with Crippen LogP contribution in [0.3, 0.4) is 0 Å². The highest BCUT2D eigenvalue weighted by atomic mass is 32.2. The van der Waals surface area contributed by atoms with Gasteiger partial charge < -0.3 is 9.29 Å². The van der Waals surface area contributed by atoms with E-state index in [4.69, 9.17) is 9.29 Å².